The second-order valence-corrected chi connectivity index (χ2v) is 4.62. The maximum absolute atomic E-state index is 12.4. The zero-order chi connectivity index (χ0) is 15.7. The number of benzene rings is 1. The van der Waals surface area contributed by atoms with Gasteiger partial charge >= 0.3 is 11.5 Å². The fourth-order valence-electron chi connectivity index (χ4n) is 1.99. The molecule has 0 atom stereocenters. The number of aromatic nitrogens is 4. The summed E-state index contributed by atoms with van der Waals surface area (Å²) >= 11 is 0. The molecule has 0 radical (unpaired) electrons. The summed E-state index contributed by atoms with van der Waals surface area (Å²) in [5.41, 5.74) is -0.0993. The lowest BCUT2D eigenvalue weighted by Gasteiger charge is -2.06. The summed E-state index contributed by atoms with van der Waals surface area (Å²) in [5.74, 6) is -0.221. The van der Waals surface area contributed by atoms with Crippen LogP contribution < -0.4 is 10.3 Å². The Labute approximate surface area is 124 Å². The first-order valence-electron chi connectivity index (χ1n) is 6.47. The van der Waals surface area contributed by atoms with Gasteiger partial charge in [0.1, 0.15) is 18.0 Å². The van der Waals surface area contributed by atoms with Gasteiger partial charge < -0.3 is 9.84 Å². The average Bonchev–Trinajstić information content (AvgIpc) is 2.86. The first kappa shape index (κ1) is 13.8. The molecule has 3 aromatic rings. The van der Waals surface area contributed by atoms with Crippen molar-refractivity contribution in [2.75, 3.05) is 0 Å². The number of hydrogen-bond donors (Lipinski definition) is 2. The largest absolute Gasteiger partial charge is 0.481 e. The molecule has 0 aliphatic carbocycles. The van der Waals surface area contributed by atoms with Crippen molar-refractivity contribution in [3.05, 3.63) is 52.2 Å². The minimum atomic E-state index is -1.05. The molecule has 3 rings (SSSR count). The van der Waals surface area contributed by atoms with E-state index in [0.717, 1.165) is 4.52 Å². The Balaban J connectivity index is 2.07. The third-order valence-electron chi connectivity index (χ3n) is 2.95. The molecule has 2 aromatic heterocycles. The monoisotopic (exact) mass is 300 g/mol. The fourth-order valence-corrected chi connectivity index (χ4v) is 1.99. The van der Waals surface area contributed by atoms with E-state index in [0.29, 0.717) is 11.4 Å². The standard InChI is InChI=1S/C14H12N4O4/c1-8-12(22-9-5-3-2-4-6-9)13(21)18-14(15-8)16-10(17-18)7-11(19)20/h2-6H,7H2,1H3,(H,19,20)(H,15,16,17). The number of nitrogens with zero attached hydrogens (tertiary/aromatic N) is 3. The number of carbonyl (C=O) groups is 1. The third-order valence-corrected chi connectivity index (χ3v) is 2.95. The van der Waals surface area contributed by atoms with Crippen molar-refractivity contribution in [2.45, 2.75) is 13.3 Å². The molecular formula is C14H12N4O4. The van der Waals surface area contributed by atoms with Gasteiger partial charge in [0.05, 0.1) is 5.69 Å². The van der Waals surface area contributed by atoms with Crippen LogP contribution >= 0.6 is 0 Å². The molecule has 8 nitrogen and oxygen atoms in total. The Morgan fingerprint density at radius 2 is 2.05 bits per heavy atom. The molecular weight excluding hydrogens is 288 g/mol. The predicted octanol–water partition coefficient (Wildman–Crippen LogP) is 1.15. The van der Waals surface area contributed by atoms with Crippen molar-refractivity contribution in [1.29, 1.82) is 0 Å². The van der Waals surface area contributed by atoms with Crippen molar-refractivity contribution in [3.63, 3.8) is 0 Å². The van der Waals surface area contributed by atoms with Crippen LogP contribution in [0.5, 0.6) is 11.5 Å². The number of rotatable bonds is 4. The molecule has 112 valence electrons. The highest BCUT2D eigenvalue weighted by Crippen LogP contribution is 2.19. The molecule has 0 saturated heterocycles. The Bertz CT molecular complexity index is 898. The number of carboxylic acid groups (broad SMARTS) is 1. The molecule has 0 amide bonds. The summed E-state index contributed by atoms with van der Waals surface area (Å²) in [6.45, 7) is 1.63. The van der Waals surface area contributed by atoms with Gasteiger partial charge in [-0.05, 0) is 19.1 Å². The number of para-hydroxylation sites is 1. The van der Waals surface area contributed by atoms with Crippen LogP contribution in [0.25, 0.3) is 5.78 Å². The normalized spacial score (nSPS) is 10.8. The van der Waals surface area contributed by atoms with Crippen molar-refractivity contribution < 1.29 is 14.6 Å². The van der Waals surface area contributed by atoms with Gasteiger partial charge in [0.15, 0.2) is 0 Å². The van der Waals surface area contributed by atoms with Crippen LogP contribution in [0.4, 0.5) is 0 Å². The topological polar surface area (TPSA) is 110 Å². The number of H-pyrrole nitrogens is 1. The Morgan fingerprint density at radius 1 is 1.32 bits per heavy atom. The van der Waals surface area contributed by atoms with Gasteiger partial charge in [-0.1, -0.05) is 18.2 Å². The minimum Gasteiger partial charge on any atom is -0.481 e. The van der Waals surface area contributed by atoms with Crippen LogP contribution in [0.1, 0.15) is 11.5 Å². The zero-order valence-electron chi connectivity index (χ0n) is 11.6. The van der Waals surface area contributed by atoms with E-state index in [1.165, 1.54) is 0 Å². The molecule has 0 unspecified atom stereocenters. The van der Waals surface area contributed by atoms with E-state index in [-0.39, 0.29) is 23.8 Å². The molecule has 0 bridgehead atoms. The van der Waals surface area contributed by atoms with Crippen LogP contribution in [0.2, 0.25) is 0 Å². The summed E-state index contributed by atoms with van der Waals surface area (Å²) in [7, 11) is 0. The van der Waals surface area contributed by atoms with Gasteiger partial charge in [0, 0.05) is 0 Å². The van der Waals surface area contributed by atoms with E-state index in [9.17, 15) is 9.59 Å². The van der Waals surface area contributed by atoms with Crippen LogP contribution in [-0.2, 0) is 11.2 Å². The smallest absolute Gasteiger partial charge is 0.317 e. The van der Waals surface area contributed by atoms with Crippen molar-refractivity contribution in [1.82, 2.24) is 19.6 Å². The molecule has 2 heterocycles. The summed E-state index contributed by atoms with van der Waals surface area (Å²) in [6, 6.07) is 8.85. The number of carboxylic acids is 1. The zero-order valence-corrected chi connectivity index (χ0v) is 11.6. The molecule has 0 aliphatic heterocycles. The Kier molecular flexibility index (Phi) is 3.34. The summed E-state index contributed by atoms with van der Waals surface area (Å²) in [6.07, 6.45) is -0.323. The van der Waals surface area contributed by atoms with Crippen molar-refractivity contribution >= 4 is 11.7 Å². The van der Waals surface area contributed by atoms with E-state index in [1.54, 1.807) is 31.2 Å². The Hall–Kier alpha value is -3.16. The van der Waals surface area contributed by atoms with Crippen LogP contribution in [0.3, 0.4) is 0 Å². The number of nitrogens with one attached hydrogen (secondary N) is 1. The summed E-state index contributed by atoms with van der Waals surface area (Å²) in [4.78, 5) is 31.3. The minimum absolute atomic E-state index is 0.0641. The average molecular weight is 300 g/mol. The summed E-state index contributed by atoms with van der Waals surface area (Å²) in [5, 5.41) is 11.4. The third kappa shape index (κ3) is 2.53. The Morgan fingerprint density at radius 3 is 2.73 bits per heavy atom. The van der Waals surface area contributed by atoms with Crippen molar-refractivity contribution in [3.8, 4) is 11.5 Å². The van der Waals surface area contributed by atoms with Crippen LogP contribution in [0, 0.1) is 6.92 Å². The van der Waals surface area contributed by atoms with E-state index in [4.69, 9.17) is 9.84 Å². The highest BCUT2D eigenvalue weighted by molar-refractivity contribution is 5.69. The van der Waals surface area contributed by atoms with E-state index < -0.39 is 11.5 Å². The number of aryl methyl sites for hydroxylation is 1. The van der Waals surface area contributed by atoms with Gasteiger partial charge in [-0.3, -0.25) is 14.7 Å². The van der Waals surface area contributed by atoms with Crippen LogP contribution in [0.15, 0.2) is 35.1 Å². The quantitative estimate of drug-likeness (QED) is 0.748. The summed E-state index contributed by atoms with van der Waals surface area (Å²) < 4.78 is 6.65. The maximum Gasteiger partial charge on any atom is 0.317 e. The molecule has 1 aromatic carbocycles. The van der Waals surface area contributed by atoms with Gasteiger partial charge in [-0.2, -0.15) is 9.50 Å². The lowest BCUT2D eigenvalue weighted by Crippen LogP contribution is -2.18. The molecule has 0 fully saturated rings. The first-order valence-corrected chi connectivity index (χ1v) is 6.47. The molecule has 0 spiro atoms. The first-order chi connectivity index (χ1) is 10.5. The van der Waals surface area contributed by atoms with Crippen molar-refractivity contribution in [2.24, 2.45) is 0 Å². The highest BCUT2D eigenvalue weighted by Gasteiger charge is 2.16. The van der Waals surface area contributed by atoms with Gasteiger partial charge in [-0.15, -0.1) is 0 Å². The SMILES string of the molecule is Cc1nc2nc(CC(=O)O)[nH]n2c(=O)c1Oc1ccccc1. The second-order valence-electron chi connectivity index (χ2n) is 4.62. The number of hydrogen-bond acceptors (Lipinski definition) is 5. The van der Waals surface area contributed by atoms with Crippen LogP contribution in [-0.4, -0.2) is 30.7 Å². The highest BCUT2D eigenvalue weighted by atomic mass is 16.5. The van der Waals surface area contributed by atoms with E-state index >= 15 is 0 Å². The molecule has 0 aliphatic rings. The number of aromatic amines is 1. The molecule has 2 N–H and O–H groups in total. The number of ether oxygens (including phenoxy) is 1. The van der Waals surface area contributed by atoms with Gasteiger partial charge in [0.25, 0.3) is 5.78 Å². The molecule has 8 heteroatoms. The second kappa shape index (κ2) is 5.32. The van der Waals surface area contributed by atoms with E-state index in [2.05, 4.69) is 15.1 Å². The fraction of sp³-hybridized carbons (Fsp3) is 0.143. The predicted molar refractivity (Wildman–Crippen MR) is 76.2 cm³/mol. The van der Waals surface area contributed by atoms with Gasteiger partial charge in [-0.25, -0.2) is 4.98 Å². The lowest BCUT2D eigenvalue weighted by molar-refractivity contribution is -0.136. The van der Waals surface area contributed by atoms with Gasteiger partial charge in [0.2, 0.25) is 5.75 Å². The number of fused-ring (bicyclic) bond motifs is 1. The molecule has 0 saturated carbocycles. The number of aliphatic carboxylic acids is 1. The maximum atomic E-state index is 12.4. The molecule has 22 heavy (non-hydrogen) atoms. The van der Waals surface area contributed by atoms with E-state index in [1.807, 2.05) is 6.07 Å². The lowest BCUT2D eigenvalue weighted by atomic mass is 10.3.